The summed E-state index contributed by atoms with van der Waals surface area (Å²) in [5, 5.41) is 4.34. The highest BCUT2D eigenvalue weighted by Gasteiger charge is 2.46. The van der Waals surface area contributed by atoms with Crippen molar-refractivity contribution in [3.05, 3.63) is 58.6 Å². The normalized spacial score (nSPS) is 23.4. The third-order valence-corrected chi connectivity index (χ3v) is 12.4. The van der Waals surface area contributed by atoms with Crippen LogP contribution in [-0.4, -0.2) is 107 Å². The van der Waals surface area contributed by atoms with Gasteiger partial charge in [0.15, 0.2) is 0 Å². The van der Waals surface area contributed by atoms with Gasteiger partial charge in [0.05, 0.1) is 9.79 Å². The summed E-state index contributed by atoms with van der Waals surface area (Å²) in [6.45, 7) is 16.9. The lowest BCUT2D eigenvalue weighted by Crippen LogP contribution is -2.38. The summed E-state index contributed by atoms with van der Waals surface area (Å²) in [6.07, 6.45) is -0.481. The van der Waals surface area contributed by atoms with Crippen LogP contribution in [0, 0.1) is 23.7 Å². The van der Waals surface area contributed by atoms with Gasteiger partial charge in [-0.2, -0.15) is 4.31 Å². The van der Waals surface area contributed by atoms with E-state index in [-0.39, 0.29) is 39.4 Å². The first-order valence-electron chi connectivity index (χ1n) is 16.6. The minimum absolute atomic E-state index is 0.0589. The lowest BCUT2D eigenvalue weighted by molar-refractivity contribution is 0.0269. The van der Waals surface area contributed by atoms with Crippen molar-refractivity contribution in [3.63, 3.8) is 0 Å². The van der Waals surface area contributed by atoms with Crippen LogP contribution in [0.2, 0.25) is 10.0 Å². The van der Waals surface area contributed by atoms with Gasteiger partial charge in [-0.05, 0) is 114 Å². The van der Waals surface area contributed by atoms with Crippen LogP contribution in [0.1, 0.15) is 41.5 Å². The largest absolute Gasteiger partial charge is 0.444 e. The van der Waals surface area contributed by atoms with Crippen molar-refractivity contribution in [2.24, 2.45) is 23.7 Å². The zero-order valence-electron chi connectivity index (χ0n) is 29.6. The Hall–Kier alpha value is -2.33. The van der Waals surface area contributed by atoms with Crippen molar-refractivity contribution in [2.75, 3.05) is 52.4 Å². The average Bonchev–Trinajstić information content (AvgIpc) is 3.77. The van der Waals surface area contributed by atoms with E-state index in [2.05, 4.69) is 5.32 Å². The molecule has 0 saturated carbocycles. The van der Waals surface area contributed by atoms with Crippen molar-refractivity contribution in [1.82, 2.24) is 19.4 Å². The molecule has 2 aromatic carbocycles. The number of halogens is 3. The Morgan fingerprint density at radius 3 is 1.33 bits per heavy atom. The number of benzene rings is 2. The SMILES string of the molecule is CC(C)(C)OC(=O)N1CC2CN(S(=O)(=O)c3ccc(Cl)cc3)CC2C1.CC(C)(C)OC(=O)N1CC2CNCC2C1.O=S(=O)(Cl)c1ccc(Cl)cc1. The van der Waals surface area contributed by atoms with Crippen molar-refractivity contribution in [1.29, 1.82) is 0 Å². The second kappa shape index (κ2) is 16.4. The molecule has 284 valence electrons. The molecule has 0 spiro atoms. The number of rotatable bonds is 3. The maximum atomic E-state index is 12.8. The Morgan fingerprint density at radius 2 is 0.980 bits per heavy atom. The average molecular weight is 810 g/mol. The highest BCUT2D eigenvalue weighted by molar-refractivity contribution is 8.13. The molecular formula is C34H47Cl3N4O8S2. The fourth-order valence-electron chi connectivity index (χ4n) is 6.31. The minimum atomic E-state index is -3.61. The van der Waals surface area contributed by atoms with Crippen molar-refractivity contribution >= 4 is 65.1 Å². The number of fused-ring (bicyclic) bond motifs is 2. The van der Waals surface area contributed by atoms with Crippen LogP contribution >= 0.6 is 33.9 Å². The molecule has 4 unspecified atom stereocenters. The van der Waals surface area contributed by atoms with Gasteiger partial charge in [0, 0.05) is 73.1 Å². The standard InChI is InChI=1S/C17H23ClN2O4S.C11H20N2O2.C6H4Cl2O2S/c1-17(2,3)24-16(21)19-8-12-10-20(11-13(12)9-19)25(22,23)15-6-4-14(18)5-7-15;1-11(2,3)15-10(14)13-6-8-4-12-5-9(8)7-13;7-5-1-3-6(4-2-5)11(8,9)10/h4-7,12-13H,8-11H2,1-3H3;8-9,12H,4-7H2,1-3H3;1-4H. The molecule has 0 radical (unpaired) electrons. The molecule has 2 aromatic rings. The molecular weight excluding hydrogens is 763 g/mol. The van der Waals surface area contributed by atoms with Crippen LogP contribution in [0.15, 0.2) is 58.3 Å². The van der Waals surface area contributed by atoms with Crippen molar-refractivity contribution in [3.8, 4) is 0 Å². The summed E-state index contributed by atoms with van der Waals surface area (Å²) in [4.78, 5) is 27.8. The third-order valence-electron chi connectivity index (χ3n) is 8.69. The Labute approximate surface area is 316 Å². The fourth-order valence-corrected chi connectivity index (χ4v) is 8.88. The summed E-state index contributed by atoms with van der Waals surface area (Å²) in [6, 6.07) is 11.9. The molecule has 0 bridgehead atoms. The smallest absolute Gasteiger partial charge is 0.410 e. The van der Waals surface area contributed by atoms with Gasteiger partial charge in [0.2, 0.25) is 10.0 Å². The topological polar surface area (TPSA) is 143 Å². The number of carbonyl (C=O) groups excluding carboxylic acids is 2. The Bertz CT molecular complexity index is 1720. The molecule has 12 nitrogen and oxygen atoms in total. The van der Waals surface area contributed by atoms with E-state index in [1.54, 1.807) is 17.0 Å². The van der Waals surface area contributed by atoms with Gasteiger partial charge in [-0.25, -0.2) is 26.4 Å². The number of amides is 2. The third kappa shape index (κ3) is 11.8. The Morgan fingerprint density at radius 1 is 0.627 bits per heavy atom. The molecule has 4 atom stereocenters. The number of hydrogen-bond acceptors (Lipinski definition) is 9. The van der Waals surface area contributed by atoms with E-state index >= 15 is 0 Å². The van der Waals surface area contributed by atoms with Gasteiger partial charge in [-0.3, -0.25) is 0 Å². The molecule has 4 saturated heterocycles. The zero-order valence-corrected chi connectivity index (χ0v) is 33.5. The van der Waals surface area contributed by atoms with Gasteiger partial charge in [0.1, 0.15) is 11.2 Å². The van der Waals surface area contributed by atoms with Gasteiger partial charge in [0.25, 0.3) is 9.05 Å². The van der Waals surface area contributed by atoms with Gasteiger partial charge < -0.3 is 24.6 Å². The lowest BCUT2D eigenvalue weighted by atomic mass is 10.0. The van der Waals surface area contributed by atoms with E-state index in [9.17, 15) is 26.4 Å². The number of sulfonamides is 1. The van der Waals surface area contributed by atoms with Crippen LogP contribution in [0.25, 0.3) is 0 Å². The van der Waals surface area contributed by atoms with E-state index in [0.717, 1.165) is 26.2 Å². The van der Waals surface area contributed by atoms with Crippen LogP contribution in [0.3, 0.4) is 0 Å². The second-order valence-corrected chi connectivity index (χ2v) is 20.5. The first kappa shape index (κ1) is 41.4. The monoisotopic (exact) mass is 808 g/mol. The molecule has 4 heterocycles. The fraction of sp³-hybridized carbons (Fsp3) is 0.588. The number of hydrogen-bond donors (Lipinski definition) is 1. The summed E-state index contributed by atoms with van der Waals surface area (Å²) in [5.41, 5.74) is -0.911. The first-order chi connectivity index (χ1) is 23.5. The predicted molar refractivity (Wildman–Crippen MR) is 197 cm³/mol. The van der Waals surface area contributed by atoms with Crippen molar-refractivity contribution in [2.45, 2.75) is 62.5 Å². The lowest BCUT2D eigenvalue weighted by Gasteiger charge is -2.26. The van der Waals surface area contributed by atoms with Crippen LogP contribution in [0.5, 0.6) is 0 Å². The molecule has 17 heteroatoms. The van der Waals surface area contributed by atoms with Crippen LogP contribution in [0.4, 0.5) is 9.59 Å². The number of carbonyl (C=O) groups is 2. The molecule has 51 heavy (non-hydrogen) atoms. The maximum Gasteiger partial charge on any atom is 0.410 e. The number of ether oxygens (including phenoxy) is 2. The number of likely N-dealkylation sites (tertiary alicyclic amines) is 2. The Balaban J connectivity index is 0.000000190. The first-order valence-corrected chi connectivity index (χ1v) is 21.1. The molecule has 6 rings (SSSR count). The molecule has 4 aliphatic heterocycles. The summed E-state index contributed by atoms with van der Waals surface area (Å²) < 4.78 is 59.1. The van der Waals surface area contributed by atoms with Gasteiger partial charge >= 0.3 is 12.2 Å². The van der Waals surface area contributed by atoms with Crippen molar-refractivity contribution < 1.29 is 35.9 Å². The quantitative estimate of drug-likeness (QED) is 0.361. The molecule has 2 amide bonds. The number of nitrogens with one attached hydrogen (secondary N) is 1. The van der Waals surface area contributed by atoms with E-state index in [4.69, 9.17) is 43.4 Å². The van der Waals surface area contributed by atoms with Crippen LogP contribution in [-0.2, 0) is 28.5 Å². The minimum Gasteiger partial charge on any atom is -0.444 e. The van der Waals surface area contributed by atoms with E-state index in [1.807, 2.05) is 46.4 Å². The van der Waals surface area contributed by atoms with Crippen LogP contribution < -0.4 is 5.32 Å². The van der Waals surface area contributed by atoms with E-state index in [1.165, 1.54) is 40.7 Å². The number of nitrogens with zero attached hydrogens (tertiary/aromatic N) is 3. The molecule has 1 N–H and O–H groups in total. The summed E-state index contributed by atoms with van der Waals surface area (Å²) >= 11 is 11.4. The highest BCUT2D eigenvalue weighted by Crippen LogP contribution is 2.35. The molecule has 4 fully saturated rings. The zero-order chi connectivity index (χ0) is 37.9. The Kier molecular flexibility index (Phi) is 13.3. The summed E-state index contributed by atoms with van der Waals surface area (Å²) in [5.74, 6) is 1.57. The van der Waals surface area contributed by atoms with E-state index < -0.39 is 24.7 Å². The summed E-state index contributed by atoms with van der Waals surface area (Å²) in [7, 11) is -2.09. The second-order valence-electron chi connectivity index (χ2n) is 15.1. The molecule has 4 aliphatic rings. The highest BCUT2D eigenvalue weighted by atomic mass is 35.7. The molecule has 0 aromatic heterocycles. The van der Waals surface area contributed by atoms with Gasteiger partial charge in [-0.1, -0.05) is 23.2 Å². The maximum absolute atomic E-state index is 12.8. The van der Waals surface area contributed by atoms with E-state index in [0.29, 0.717) is 48.1 Å². The molecule has 0 aliphatic carbocycles. The predicted octanol–water partition coefficient (Wildman–Crippen LogP) is 6.17. The van der Waals surface area contributed by atoms with Gasteiger partial charge in [-0.15, -0.1) is 0 Å².